The van der Waals surface area contributed by atoms with Crippen LogP contribution in [0.25, 0.3) is 0 Å². The number of nitrogens with zero attached hydrogens (tertiary/aromatic N) is 1. The number of amides is 2. The third kappa shape index (κ3) is 7.42. The van der Waals surface area contributed by atoms with Crippen LogP contribution in [0.2, 0.25) is 5.02 Å². The lowest BCUT2D eigenvalue weighted by Gasteiger charge is -2.26. The van der Waals surface area contributed by atoms with Crippen LogP contribution in [0.3, 0.4) is 0 Å². The molecule has 0 saturated carbocycles. The van der Waals surface area contributed by atoms with Crippen molar-refractivity contribution in [3.8, 4) is 0 Å². The van der Waals surface area contributed by atoms with Crippen molar-refractivity contribution in [2.45, 2.75) is 31.3 Å². The molecule has 0 radical (unpaired) electrons. The van der Waals surface area contributed by atoms with Crippen LogP contribution in [0.15, 0.2) is 132 Å². The van der Waals surface area contributed by atoms with Crippen molar-refractivity contribution in [1.82, 2.24) is 5.32 Å². The molecule has 0 heterocycles. The second kappa shape index (κ2) is 13.8. The summed E-state index contributed by atoms with van der Waals surface area (Å²) >= 11 is 6.27. The molecular weight excluding hydrogens is 606 g/mol. The minimum Gasteiger partial charge on any atom is -0.345 e. The fourth-order valence-electron chi connectivity index (χ4n) is 4.88. The Labute approximate surface area is 268 Å². The standard InChI is InChI=1S/C36H32ClN3O4S/c1-25-17-22-30(37)23-34(25)40(45(43,44)31-13-7-4-8-14-31)24-27-18-20-29(21-19-27)35(41)39-33-16-10-9-15-32(33)36(42)38-26(2)28-11-5-3-6-12-28/h3-23,26H,24H2,1-2H3,(H,38,42)(H,39,41)/t26-/m1/s1. The van der Waals surface area contributed by atoms with Crippen molar-refractivity contribution in [3.05, 3.63) is 160 Å². The van der Waals surface area contributed by atoms with Gasteiger partial charge in [0, 0.05) is 10.6 Å². The van der Waals surface area contributed by atoms with E-state index in [0.29, 0.717) is 33.1 Å². The SMILES string of the molecule is Cc1ccc(Cl)cc1N(Cc1ccc(C(=O)Nc2ccccc2C(=O)N[C@H](C)c2ccccc2)cc1)S(=O)(=O)c1ccccc1. The summed E-state index contributed by atoms with van der Waals surface area (Å²) in [4.78, 5) is 26.5. The minimum atomic E-state index is -3.94. The Morgan fingerprint density at radius 2 is 1.40 bits per heavy atom. The van der Waals surface area contributed by atoms with Crippen LogP contribution in [0.5, 0.6) is 0 Å². The van der Waals surface area contributed by atoms with Crippen molar-refractivity contribution >= 4 is 44.8 Å². The van der Waals surface area contributed by atoms with Gasteiger partial charge in [0.25, 0.3) is 21.8 Å². The quantitative estimate of drug-likeness (QED) is 0.163. The number of benzene rings is 5. The number of halogens is 1. The highest BCUT2D eigenvalue weighted by molar-refractivity contribution is 7.92. The third-order valence-electron chi connectivity index (χ3n) is 7.38. The predicted octanol–water partition coefficient (Wildman–Crippen LogP) is 7.79. The summed E-state index contributed by atoms with van der Waals surface area (Å²) in [6.07, 6.45) is 0. The van der Waals surface area contributed by atoms with E-state index in [9.17, 15) is 18.0 Å². The molecule has 7 nitrogen and oxygen atoms in total. The molecule has 0 fully saturated rings. The van der Waals surface area contributed by atoms with Gasteiger partial charge in [-0.3, -0.25) is 13.9 Å². The molecule has 2 N–H and O–H groups in total. The molecule has 5 aromatic carbocycles. The van der Waals surface area contributed by atoms with E-state index < -0.39 is 15.9 Å². The van der Waals surface area contributed by atoms with Crippen molar-refractivity contribution in [1.29, 1.82) is 0 Å². The van der Waals surface area contributed by atoms with Gasteiger partial charge in [-0.05, 0) is 79.1 Å². The third-order valence-corrected chi connectivity index (χ3v) is 9.39. The van der Waals surface area contributed by atoms with Crippen molar-refractivity contribution < 1.29 is 18.0 Å². The summed E-state index contributed by atoms with van der Waals surface area (Å²) in [6.45, 7) is 3.74. The number of para-hydroxylation sites is 1. The zero-order chi connectivity index (χ0) is 32.0. The van der Waals surface area contributed by atoms with Gasteiger partial charge in [-0.15, -0.1) is 0 Å². The van der Waals surface area contributed by atoms with E-state index in [4.69, 9.17) is 11.6 Å². The largest absolute Gasteiger partial charge is 0.345 e. The van der Waals surface area contributed by atoms with Crippen LogP contribution in [-0.4, -0.2) is 20.2 Å². The molecule has 45 heavy (non-hydrogen) atoms. The fourth-order valence-corrected chi connectivity index (χ4v) is 6.58. The molecular formula is C36H32ClN3O4S. The number of nitrogens with one attached hydrogen (secondary N) is 2. The van der Waals surface area contributed by atoms with Crippen LogP contribution in [0.4, 0.5) is 11.4 Å². The highest BCUT2D eigenvalue weighted by Crippen LogP contribution is 2.31. The lowest BCUT2D eigenvalue weighted by atomic mass is 10.1. The van der Waals surface area contributed by atoms with E-state index in [1.807, 2.05) is 44.2 Å². The Morgan fingerprint density at radius 3 is 2.09 bits per heavy atom. The topological polar surface area (TPSA) is 95.6 Å². The Morgan fingerprint density at radius 1 is 0.778 bits per heavy atom. The lowest BCUT2D eigenvalue weighted by Crippen LogP contribution is -2.31. The lowest BCUT2D eigenvalue weighted by molar-refractivity contribution is 0.0940. The fraction of sp³-hybridized carbons (Fsp3) is 0.111. The van der Waals surface area contributed by atoms with Crippen LogP contribution < -0.4 is 14.9 Å². The minimum absolute atomic E-state index is 0.0168. The van der Waals surface area contributed by atoms with Gasteiger partial charge in [0.15, 0.2) is 0 Å². The first-order chi connectivity index (χ1) is 21.6. The number of carbonyl (C=O) groups excluding carboxylic acids is 2. The van der Waals surface area contributed by atoms with Gasteiger partial charge in [0.2, 0.25) is 0 Å². The number of rotatable bonds is 10. The van der Waals surface area contributed by atoms with Crippen molar-refractivity contribution in [3.63, 3.8) is 0 Å². The second-order valence-corrected chi connectivity index (χ2v) is 12.9. The average Bonchev–Trinajstić information content (AvgIpc) is 3.06. The van der Waals surface area contributed by atoms with Gasteiger partial charge in [-0.25, -0.2) is 8.42 Å². The number of hydrogen-bond acceptors (Lipinski definition) is 4. The molecule has 9 heteroatoms. The molecule has 5 rings (SSSR count). The number of anilines is 2. The second-order valence-electron chi connectivity index (χ2n) is 10.6. The summed E-state index contributed by atoms with van der Waals surface area (Å²) in [7, 11) is -3.94. The van der Waals surface area contributed by atoms with Gasteiger partial charge in [-0.2, -0.15) is 0 Å². The smallest absolute Gasteiger partial charge is 0.264 e. The molecule has 0 spiro atoms. The van der Waals surface area contributed by atoms with Crippen molar-refractivity contribution in [2.75, 3.05) is 9.62 Å². The molecule has 0 aromatic heterocycles. The zero-order valence-electron chi connectivity index (χ0n) is 24.8. The molecule has 0 unspecified atom stereocenters. The monoisotopic (exact) mass is 637 g/mol. The molecule has 0 aliphatic rings. The van der Waals surface area contributed by atoms with Gasteiger partial charge < -0.3 is 10.6 Å². The molecule has 5 aromatic rings. The molecule has 228 valence electrons. The van der Waals surface area contributed by atoms with E-state index in [0.717, 1.165) is 11.1 Å². The number of hydrogen-bond donors (Lipinski definition) is 2. The van der Waals surface area contributed by atoms with E-state index in [-0.39, 0.29) is 23.4 Å². The van der Waals surface area contributed by atoms with Gasteiger partial charge >= 0.3 is 0 Å². The first-order valence-electron chi connectivity index (χ1n) is 14.3. The highest BCUT2D eigenvalue weighted by atomic mass is 35.5. The molecule has 0 aliphatic heterocycles. The number of sulfonamides is 1. The Kier molecular flexibility index (Phi) is 9.66. The maximum Gasteiger partial charge on any atom is 0.264 e. The average molecular weight is 638 g/mol. The van der Waals surface area contributed by atoms with Crippen LogP contribution in [0.1, 0.15) is 50.4 Å². The molecule has 0 aliphatic carbocycles. The summed E-state index contributed by atoms with van der Waals surface area (Å²) < 4.78 is 28.9. The van der Waals surface area contributed by atoms with Crippen LogP contribution in [-0.2, 0) is 16.6 Å². The molecule has 0 bridgehead atoms. The summed E-state index contributed by atoms with van der Waals surface area (Å²) in [5.41, 5.74) is 3.90. The molecule has 2 amide bonds. The Hall–Kier alpha value is -4.92. The summed E-state index contributed by atoms with van der Waals surface area (Å²) in [5, 5.41) is 6.25. The normalized spacial score (nSPS) is 11.8. The van der Waals surface area contributed by atoms with E-state index in [2.05, 4.69) is 10.6 Å². The van der Waals surface area contributed by atoms with Gasteiger partial charge in [0.1, 0.15) is 0 Å². The van der Waals surface area contributed by atoms with Crippen molar-refractivity contribution in [2.24, 2.45) is 0 Å². The summed E-state index contributed by atoms with van der Waals surface area (Å²) in [6, 6.07) is 36.2. The number of aryl methyl sites for hydroxylation is 1. The van der Waals surface area contributed by atoms with Gasteiger partial charge in [-0.1, -0.05) is 90.5 Å². The van der Waals surface area contributed by atoms with Crippen LogP contribution in [0, 0.1) is 6.92 Å². The number of carbonyl (C=O) groups is 2. The van der Waals surface area contributed by atoms with Crippen LogP contribution >= 0.6 is 11.6 Å². The van der Waals surface area contributed by atoms with E-state index in [1.165, 1.54) is 4.31 Å². The Bertz CT molecular complexity index is 1920. The van der Waals surface area contributed by atoms with E-state index >= 15 is 0 Å². The first-order valence-corrected chi connectivity index (χ1v) is 16.1. The first kappa shape index (κ1) is 31.5. The highest BCUT2D eigenvalue weighted by Gasteiger charge is 2.27. The Balaban J connectivity index is 1.35. The van der Waals surface area contributed by atoms with Gasteiger partial charge in [0.05, 0.1) is 34.4 Å². The maximum absolute atomic E-state index is 13.8. The zero-order valence-corrected chi connectivity index (χ0v) is 26.3. The predicted molar refractivity (Wildman–Crippen MR) is 179 cm³/mol. The summed E-state index contributed by atoms with van der Waals surface area (Å²) in [5.74, 6) is -0.717. The molecule has 1 atom stereocenters. The maximum atomic E-state index is 13.8. The molecule has 0 saturated heterocycles. The van der Waals surface area contributed by atoms with E-state index in [1.54, 1.807) is 97.1 Å².